The van der Waals surface area contributed by atoms with E-state index in [0.717, 1.165) is 11.3 Å². The van der Waals surface area contributed by atoms with Gasteiger partial charge in [-0.1, -0.05) is 91.0 Å². The first kappa shape index (κ1) is 22.4. The monoisotopic (exact) mass is 520 g/mol. The van der Waals surface area contributed by atoms with Crippen LogP contribution in [0.5, 0.6) is 0 Å². The number of allylic oxidation sites excluding steroid dienone is 1. The van der Waals surface area contributed by atoms with Crippen LogP contribution in [0.2, 0.25) is 0 Å². The van der Waals surface area contributed by atoms with Gasteiger partial charge in [-0.2, -0.15) is 5.10 Å². The Kier molecular flexibility index (Phi) is 4.47. The van der Waals surface area contributed by atoms with Crippen LogP contribution >= 0.6 is 0 Å². The standard InChI is InChI=1S/C33H20N4O3/c38-29-21-15-7-8-16-22(21)30(39)28-25(29)33(23-17-9-10-18-24(23)34-32(33)40)26-27(19-11-3-1-4-12-19)36-37(31(26)35-28)20-13-5-2-6-14-20/h1-18,35H,(H,34,40). The molecule has 3 heterocycles. The predicted molar refractivity (Wildman–Crippen MR) is 151 cm³/mol. The maximum absolute atomic E-state index is 14.4. The van der Waals surface area contributed by atoms with Crippen molar-refractivity contribution in [1.29, 1.82) is 0 Å². The van der Waals surface area contributed by atoms with Gasteiger partial charge in [0.2, 0.25) is 11.7 Å². The molecule has 1 spiro atoms. The number of amides is 1. The largest absolute Gasteiger partial charge is 0.336 e. The summed E-state index contributed by atoms with van der Waals surface area (Å²) in [4.78, 5) is 42.9. The number of hydrogen-bond acceptors (Lipinski definition) is 5. The Labute approximate surface area is 228 Å². The summed E-state index contributed by atoms with van der Waals surface area (Å²) in [7, 11) is 0. The first-order valence-electron chi connectivity index (χ1n) is 13.0. The minimum Gasteiger partial charge on any atom is -0.336 e. The molecule has 1 atom stereocenters. The molecule has 0 saturated carbocycles. The van der Waals surface area contributed by atoms with Gasteiger partial charge < -0.3 is 10.6 Å². The Hall–Kier alpha value is -5.56. The number of rotatable bonds is 2. The van der Waals surface area contributed by atoms with Crippen molar-refractivity contribution in [2.45, 2.75) is 5.41 Å². The molecule has 0 saturated heterocycles. The molecule has 8 rings (SSSR count). The van der Waals surface area contributed by atoms with Gasteiger partial charge >= 0.3 is 0 Å². The number of aromatic nitrogens is 2. The molecule has 5 aromatic rings. The zero-order valence-electron chi connectivity index (χ0n) is 21.0. The maximum Gasteiger partial charge on any atom is 0.244 e. The van der Waals surface area contributed by atoms with Crippen molar-refractivity contribution in [3.63, 3.8) is 0 Å². The number of nitrogens with one attached hydrogen (secondary N) is 2. The van der Waals surface area contributed by atoms with Gasteiger partial charge in [0.05, 0.1) is 22.7 Å². The lowest BCUT2D eigenvalue weighted by atomic mass is 9.63. The summed E-state index contributed by atoms with van der Waals surface area (Å²) in [6, 6.07) is 33.2. The number of benzene rings is 4. The van der Waals surface area contributed by atoms with Crippen molar-refractivity contribution in [2.24, 2.45) is 0 Å². The molecule has 2 N–H and O–H groups in total. The molecule has 1 aromatic heterocycles. The molecule has 4 aromatic carbocycles. The number of anilines is 2. The van der Waals surface area contributed by atoms with E-state index in [2.05, 4.69) is 10.6 Å². The maximum atomic E-state index is 14.4. The summed E-state index contributed by atoms with van der Waals surface area (Å²) in [6.07, 6.45) is 0. The third-order valence-corrected chi connectivity index (χ3v) is 7.97. The lowest BCUT2D eigenvalue weighted by Gasteiger charge is -2.38. The highest BCUT2D eigenvalue weighted by molar-refractivity contribution is 6.33. The van der Waals surface area contributed by atoms with E-state index in [4.69, 9.17) is 5.10 Å². The van der Waals surface area contributed by atoms with E-state index in [1.807, 2.05) is 84.9 Å². The summed E-state index contributed by atoms with van der Waals surface area (Å²) in [6.45, 7) is 0. The van der Waals surface area contributed by atoms with Crippen LogP contribution < -0.4 is 10.6 Å². The Morgan fingerprint density at radius 1 is 0.650 bits per heavy atom. The van der Waals surface area contributed by atoms with Gasteiger partial charge in [0.1, 0.15) is 11.2 Å². The van der Waals surface area contributed by atoms with Crippen molar-refractivity contribution < 1.29 is 14.4 Å². The molecular weight excluding hydrogens is 500 g/mol. The topological polar surface area (TPSA) is 93.1 Å². The first-order chi connectivity index (χ1) is 19.6. The number of nitrogens with zero attached hydrogens (tertiary/aromatic N) is 2. The van der Waals surface area contributed by atoms with Crippen molar-refractivity contribution in [3.8, 4) is 16.9 Å². The fourth-order valence-corrected chi connectivity index (χ4v) is 6.29. The van der Waals surface area contributed by atoms with Crippen molar-refractivity contribution in [2.75, 3.05) is 10.6 Å². The summed E-state index contributed by atoms with van der Waals surface area (Å²) in [5.41, 5.74) is 3.01. The number of fused-ring (bicyclic) bond motifs is 6. The average Bonchev–Trinajstić information content (AvgIpc) is 3.53. The molecule has 7 nitrogen and oxygen atoms in total. The number of ketones is 2. The third-order valence-electron chi connectivity index (χ3n) is 7.97. The van der Waals surface area contributed by atoms with E-state index in [1.165, 1.54) is 0 Å². The van der Waals surface area contributed by atoms with E-state index < -0.39 is 11.3 Å². The van der Waals surface area contributed by atoms with Gasteiger partial charge in [0, 0.05) is 33.5 Å². The number of carbonyl (C=O) groups is 3. The molecule has 190 valence electrons. The van der Waals surface area contributed by atoms with E-state index in [0.29, 0.717) is 33.9 Å². The zero-order chi connectivity index (χ0) is 27.0. The molecule has 0 fully saturated rings. The molecule has 0 radical (unpaired) electrons. The minimum absolute atomic E-state index is 0.0970. The number of carbonyl (C=O) groups excluding carboxylic acids is 3. The quantitative estimate of drug-likeness (QED) is 0.319. The van der Waals surface area contributed by atoms with E-state index in [9.17, 15) is 14.4 Å². The number of hydrogen-bond donors (Lipinski definition) is 2. The molecule has 7 heteroatoms. The highest BCUT2D eigenvalue weighted by atomic mass is 16.2. The second-order valence-electron chi connectivity index (χ2n) is 10.0. The lowest BCUT2D eigenvalue weighted by Crippen LogP contribution is -2.47. The molecule has 2 aliphatic heterocycles. The third kappa shape index (κ3) is 2.73. The lowest BCUT2D eigenvalue weighted by molar-refractivity contribution is -0.118. The second kappa shape index (κ2) is 7.97. The Balaban J connectivity index is 1.55. The molecule has 1 amide bonds. The SMILES string of the molecule is O=C1C2=C(C(=O)c3ccccc31)C1(C(=O)Nc3ccccc31)c1c(-c3ccccc3)nn(-c3ccccc3)c1N2. The van der Waals surface area contributed by atoms with Crippen LogP contribution in [0, 0.1) is 0 Å². The van der Waals surface area contributed by atoms with Gasteiger partial charge in [-0.25, -0.2) is 4.68 Å². The summed E-state index contributed by atoms with van der Waals surface area (Å²) in [5, 5.41) is 11.4. The Morgan fingerprint density at radius 2 is 1.27 bits per heavy atom. The van der Waals surface area contributed by atoms with Gasteiger partial charge in [-0.3, -0.25) is 14.4 Å². The molecule has 0 bridgehead atoms. The Morgan fingerprint density at radius 3 is 2.02 bits per heavy atom. The van der Waals surface area contributed by atoms with Crippen LogP contribution in [0.3, 0.4) is 0 Å². The highest BCUT2D eigenvalue weighted by Crippen LogP contribution is 2.57. The normalized spacial score (nSPS) is 18.6. The van der Waals surface area contributed by atoms with Crippen LogP contribution in [0.4, 0.5) is 11.5 Å². The average molecular weight is 521 g/mol. The molecule has 1 unspecified atom stereocenters. The summed E-state index contributed by atoms with van der Waals surface area (Å²) < 4.78 is 1.72. The van der Waals surface area contributed by atoms with Crippen molar-refractivity contribution >= 4 is 29.0 Å². The van der Waals surface area contributed by atoms with E-state index in [1.54, 1.807) is 28.9 Å². The van der Waals surface area contributed by atoms with Crippen molar-refractivity contribution in [1.82, 2.24) is 9.78 Å². The Bertz CT molecular complexity index is 1960. The smallest absolute Gasteiger partial charge is 0.244 e. The van der Waals surface area contributed by atoms with E-state index in [-0.39, 0.29) is 28.4 Å². The van der Waals surface area contributed by atoms with Gasteiger partial charge in [-0.05, 0) is 18.2 Å². The fraction of sp³-hybridized carbons (Fsp3) is 0.0303. The molecular formula is C33H20N4O3. The van der Waals surface area contributed by atoms with Crippen LogP contribution in [-0.2, 0) is 10.2 Å². The van der Waals surface area contributed by atoms with Crippen LogP contribution in [0.1, 0.15) is 31.8 Å². The first-order valence-corrected chi connectivity index (χ1v) is 13.0. The van der Waals surface area contributed by atoms with Crippen LogP contribution in [-0.4, -0.2) is 27.3 Å². The van der Waals surface area contributed by atoms with Crippen LogP contribution in [0.15, 0.2) is 120 Å². The minimum atomic E-state index is -1.61. The number of para-hydroxylation sites is 2. The predicted octanol–water partition coefficient (Wildman–Crippen LogP) is 5.54. The molecule has 40 heavy (non-hydrogen) atoms. The van der Waals surface area contributed by atoms with Crippen molar-refractivity contribution in [3.05, 3.63) is 143 Å². The van der Waals surface area contributed by atoms with Gasteiger partial charge in [0.15, 0.2) is 5.78 Å². The van der Waals surface area contributed by atoms with Crippen LogP contribution in [0.25, 0.3) is 16.9 Å². The summed E-state index contributed by atoms with van der Waals surface area (Å²) in [5.74, 6) is -0.624. The number of Topliss-reactive ketones (excluding diaryl/α,β-unsaturated/α-hetero) is 2. The van der Waals surface area contributed by atoms with Gasteiger partial charge in [0.25, 0.3) is 0 Å². The summed E-state index contributed by atoms with van der Waals surface area (Å²) >= 11 is 0. The van der Waals surface area contributed by atoms with E-state index >= 15 is 0 Å². The van der Waals surface area contributed by atoms with Gasteiger partial charge in [-0.15, -0.1) is 0 Å². The molecule has 1 aliphatic carbocycles. The zero-order valence-corrected chi connectivity index (χ0v) is 21.0. The highest BCUT2D eigenvalue weighted by Gasteiger charge is 2.61. The molecule has 3 aliphatic rings. The second-order valence-corrected chi connectivity index (χ2v) is 10.0. The fourth-order valence-electron chi connectivity index (χ4n) is 6.29.